The molecule has 0 radical (unpaired) electrons. The van der Waals surface area contributed by atoms with Gasteiger partial charge in [0.2, 0.25) is 0 Å². The third-order valence-electron chi connectivity index (χ3n) is 2.15. The summed E-state index contributed by atoms with van der Waals surface area (Å²) in [4.78, 5) is 0. The van der Waals surface area contributed by atoms with Crippen LogP contribution in [0.3, 0.4) is 0 Å². The summed E-state index contributed by atoms with van der Waals surface area (Å²) in [5.74, 6) is 0. The molecule has 4 nitrogen and oxygen atoms in total. The van der Waals surface area contributed by atoms with Gasteiger partial charge in [0.25, 0.3) is 0 Å². The van der Waals surface area contributed by atoms with Crippen molar-refractivity contribution in [1.82, 2.24) is 0 Å². The average molecular weight is 406 g/mol. The van der Waals surface area contributed by atoms with Crippen molar-refractivity contribution in [3.8, 4) is 0 Å². The summed E-state index contributed by atoms with van der Waals surface area (Å²) in [6.45, 7) is 0. The molecule has 2 rings (SSSR count). The Labute approximate surface area is 128 Å². The van der Waals surface area contributed by atoms with E-state index < -0.39 is 10.2 Å². The lowest BCUT2D eigenvalue weighted by atomic mass is 10.3. The second-order valence-corrected chi connectivity index (χ2v) is 6.97. The molecule has 2 aromatic rings. The Morgan fingerprint density at radius 1 is 0.789 bits per heavy atom. The van der Waals surface area contributed by atoms with Gasteiger partial charge in [-0.05, 0) is 36.4 Å². The molecule has 0 unspecified atom stereocenters. The van der Waals surface area contributed by atoms with Crippen LogP contribution in [0.15, 0.2) is 57.5 Å². The Morgan fingerprint density at radius 3 is 1.58 bits per heavy atom. The summed E-state index contributed by atoms with van der Waals surface area (Å²) in [5, 5.41) is 0. The highest BCUT2D eigenvalue weighted by atomic mass is 79.9. The van der Waals surface area contributed by atoms with Crippen LogP contribution < -0.4 is 9.44 Å². The standard InChI is InChI=1S/C12H10Br2N2O2S/c13-9-3-1-5-11(7-9)15-19(17,18)16-12-6-2-4-10(14)8-12/h1-8,15-16H. The number of anilines is 2. The Bertz CT molecular complexity index is 636. The van der Waals surface area contributed by atoms with Crippen LogP contribution in [0.25, 0.3) is 0 Å². The normalized spacial score (nSPS) is 11.1. The Morgan fingerprint density at radius 2 is 1.21 bits per heavy atom. The van der Waals surface area contributed by atoms with E-state index in [9.17, 15) is 8.42 Å². The zero-order valence-electron chi connectivity index (χ0n) is 9.60. The van der Waals surface area contributed by atoms with Crippen LogP contribution >= 0.6 is 31.9 Å². The van der Waals surface area contributed by atoms with Crippen molar-refractivity contribution in [3.63, 3.8) is 0 Å². The molecule has 0 heterocycles. The summed E-state index contributed by atoms with van der Waals surface area (Å²) in [5.41, 5.74) is 0.966. The molecule has 0 saturated heterocycles. The van der Waals surface area contributed by atoms with E-state index in [1.807, 2.05) is 12.1 Å². The lowest BCUT2D eigenvalue weighted by molar-refractivity contribution is 0.606. The van der Waals surface area contributed by atoms with E-state index in [-0.39, 0.29) is 0 Å². The molecule has 0 atom stereocenters. The topological polar surface area (TPSA) is 58.2 Å². The molecule has 2 aromatic carbocycles. The fourth-order valence-electron chi connectivity index (χ4n) is 1.44. The molecule has 100 valence electrons. The van der Waals surface area contributed by atoms with Crippen molar-refractivity contribution in [2.24, 2.45) is 0 Å². The van der Waals surface area contributed by atoms with Gasteiger partial charge in [0.15, 0.2) is 0 Å². The third-order valence-corrected chi connectivity index (χ3v) is 4.15. The first-order valence-electron chi connectivity index (χ1n) is 5.26. The maximum absolute atomic E-state index is 11.9. The van der Waals surface area contributed by atoms with E-state index in [4.69, 9.17) is 0 Å². The molecule has 7 heteroatoms. The summed E-state index contributed by atoms with van der Waals surface area (Å²) in [6, 6.07) is 13.8. The fraction of sp³-hybridized carbons (Fsp3) is 0. The van der Waals surface area contributed by atoms with Crippen LogP contribution in [-0.4, -0.2) is 8.42 Å². The van der Waals surface area contributed by atoms with Crippen molar-refractivity contribution in [1.29, 1.82) is 0 Å². The lowest BCUT2D eigenvalue weighted by Gasteiger charge is -2.10. The van der Waals surface area contributed by atoms with Crippen molar-refractivity contribution in [3.05, 3.63) is 57.5 Å². The molecule has 0 aliphatic heterocycles. The predicted molar refractivity (Wildman–Crippen MR) is 84.4 cm³/mol. The maximum atomic E-state index is 11.9. The zero-order chi connectivity index (χ0) is 13.9. The molecule has 0 fully saturated rings. The van der Waals surface area contributed by atoms with E-state index in [0.29, 0.717) is 11.4 Å². The molecule has 0 aliphatic carbocycles. The minimum absolute atomic E-state index is 0.483. The van der Waals surface area contributed by atoms with Gasteiger partial charge >= 0.3 is 10.2 Å². The van der Waals surface area contributed by atoms with Gasteiger partial charge < -0.3 is 0 Å². The smallest absolute Gasteiger partial charge is 0.267 e. The van der Waals surface area contributed by atoms with Gasteiger partial charge in [-0.2, -0.15) is 8.42 Å². The first-order valence-corrected chi connectivity index (χ1v) is 8.33. The van der Waals surface area contributed by atoms with Gasteiger partial charge in [-0.25, -0.2) is 0 Å². The number of halogens is 2. The lowest BCUT2D eigenvalue weighted by Crippen LogP contribution is -2.21. The second kappa shape index (κ2) is 5.94. The van der Waals surface area contributed by atoms with E-state index >= 15 is 0 Å². The van der Waals surface area contributed by atoms with E-state index in [1.165, 1.54) is 0 Å². The SMILES string of the molecule is O=S(=O)(Nc1cccc(Br)c1)Nc1cccc(Br)c1. The molecular formula is C12H10Br2N2O2S. The minimum atomic E-state index is -3.66. The second-order valence-electron chi connectivity index (χ2n) is 3.73. The minimum Gasteiger partial charge on any atom is -0.267 e. The molecule has 0 amide bonds. The quantitative estimate of drug-likeness (QED) is 0.808. The van der Waals surface area contributed by atoms with Crippen LogP contribution in [0.1, 0.15) is 0 Å². The van der Waals surface area contributed by atoms with Crippen molar-refractivity contribution in [2.45, 2.75) is 0 Å². The Hall–Kier alpha value is -1.05. The highest BCUT2D eigenvalue weighted by molar-refractivity contribution is 9.10. The number of hydrogen-bond acceptors (Lipinski definition) is 2. The molecule has 19 heavy (non-hydrogen) atoms. The number of nitrogens with one attached hydrogen (secondary N) is 2. The van der Waals surface area contributed by atoms with E-state index in [2.05, 4.69) is 41.3 Å². The maximum Gasteiger partial charge on any atom is 0.321 e. The number of hydrogen-bond donors (Lipinski definition) is 2. The summed E-state index contributed by atoms with van der Waals surface area (Å²) < 4.78 is 30.4. The van der Waals surface area contributed by atoms with Gasteiger partial charge in [0.1, 0.15) is 0 Å². The van der Waals surface area contributed by atoms with Gasteiger partial charge in [0.05, 0.1) is 11.4 Å². The first-order chi connectivity index (χ1) is 8.94. The van der Waals surface area contributed by atoms with Crippen LogP contribution in [0.5, 0.6) is 0 Å². The largest absolute Gasteiger partial charge is 0.321 e. The first kappa shape index (κ1) is 14.4. The van der Waals surface area contributed by atoms with Gasteiger partial charge in [-0.3, -0.25) is 9.44 Å². The van der Waals surface area contributed by atoms with Crippen molar-refractivity contribution >= 4 is 53.4 Å². The van der Waals surface area contributed by atoms with Gasteiger partial charge in [0, 0.05) is 8.95 Å². The zero-order valence-corrected chi connectivity index (χ0v) is 13.6. The Kier molecular flexibility index (Phi) is 4.49. The average Bonchev–Trinajstić information content (AvgIpc) is 2.27. The van der Waals surface area contributed by atoms with E-state index in [0.717, 1.165) is 8.95 Å². The summed E-state index contributed by atoms with van der Waals surface area (Å²) >= 11 is 6.57. The van der Waals surface area contributed by atoms with Crippen LogP contribution in [0.4, 0.5) is 11.4 Å². The number of rotatable bonds is 4. The highest BCUT2D eigenvalue weighted by Gasteiger charge is 2.10. The van der Waals surface area contributed by atoms with Crippen LogP contribution in [-0.2, 0) is 10.2 Å². The molecule has 0 aromatic heterocycles. The number of benzene rings is 2. The molecule has 0 aliphatic rings. The summed E-state index contributed by atoms with van der Waals surface area (Å²) in [7, 11) is -3.66. The Balaban J connectivity index is 2.15. The fourth-order valence-corrected chi connectivity index (χ4v) is 3.16. The van der Waals surface area contributed by atoms with Gasteiger partial charge in [-0.1, -0.05) is 44.0 Å². The van der Waals surface area contributed by atoms with Crippen molar-refractivity contribution < 1.29 is 8.42 Å². The van der Waals surface area contributed by atoms with E-state index in [1.54, 1.807) is 36.4 Å². The monoisotopic (exact) mass is 404 g/mol. The predicted octanol–water partition coefficient (Wildman–Crippen LogP) is 3.98. The van der Waals surface area contributed by atoms with Crippen LogP contribution in [0, 0.1) is 0 Å². The molecule has 0 saturated carbocycles. The molecule has 0 spiro atoms. The van der Waals surface area contributed by atoms with Crippen molar-refractivity contribution in [2.75, 3.05) is 9.44 Å². The molecule has 2 N–H and O–H groups in total. The van der Waals surface area contributed by atoms with Crippen LogP contribution in [0.2, 0.25) is 0 Å². The summed E-state index contributed by atoms with van der Waals surface area (Å²) in [6.07, 6.45) is 0. The highest BCUT2D eigenvalue weighted by Crippen LogP contribution is 2.19. The molecular weight excluding hydrogens is 396 g/mol. The van der Waals surface area contributed by atoms with Gasteiger partial charge in [-0.15, -0.1) is 0 Å². The molecule has 0 bridgehead atoms. The third kappa shape index (κ3) is 4.52.